The van der Waals surface area contributed by atoms with E-state index in [-0.39, 0.29) is 11.4 Å². The van der Waals surface area contributed by atoms with E-state index in [0.717, 1.165) is 11.1 Å². The van der Waals surface area contributed by atoms with Crippen molar-refractivity contribution < 1.29 is 9.59 Å². The Morgan fingerprint density at radius 1 is 1.08 bits per heavy atom. The van der Waals surface area contributed by atoms with Gasteiger partial charge in [0.2, 0.25) is 0 Å². The number of aromatic nitrogens is 1. The Labute approximate surface area is 138 Å². The summed E-state index contributed by atoms with van der Waals surface area (Å²) in [6.45, 7) is 0. The van der Waals surface area contributed by atoms with E-state index >= 15 is 0 Å². The van der Waals surface area contributed by atoms with Gasteiger partial charge in [-0.25, -0.2) is 4.79 Å². The Bertz CT molecular complexity index is 968. The summed E-state index contributed by atoms with van der Waals surface area (Å²) >= 11 is 0. The number of anilines is 1. The summed E-state index contributed by atoms with van der Waals surface area (Å²) < 4.78 is 0. The van der Waals surface area contributed by atoms with Crippen molar-refractivity contribution in [2.75, 3.05) is 5.32 Å². The molecular weight excluding hydrogens is 304 g/mol. The van der Waals surface area contributed by atoms with E-state index in [2.05, 4.69) is 21.7 Å². The number of fused-ring (bicyclic) bond motifs is 1. The van der Waals surface area contributed by atoms with Crippen LogP contribution in [-0.2, 0) is 0 Å². The van der Waals surface area contributed by atoms with Crippen molar-refractivity contribution >= 4 is 28.7 Å². The van der Waals surface area contributed by atoms with E-state index in [1.165, 1.54) is 0 Å². The fraction of sp³-hybridized carbons (Fsp3) is 0. The number of urea groups is 1. The molecule has 118 valence electrons. The molecule has 3 aromatic rings. The fourth-order valence-corrected chi connectivity index (χ4v) is 2.59. The average molecular weight is 318 g/mol. The van der Waals surface area contributed by atoms with Crippen LogP contribution < -0.4 is 16.4 Å². The molecule has 2 aromatic carbocycles. The monoisotopic (exact) mass is 318 g/mol. The van der Waals surface area contributed by atoms with Gasteiger partial charge in [0, 0.05) is 16.9 Å². The van der Waals surface area contributed by atoms with Gasteiger partial charge in [0.25, 0.3) is 5.91 Å². The van der Waals surface area contributed by atoms with Gasteiger partial charge in [-0.2, -0.15) is 0 Å². The lowest BCUT2D eigenvalue weighted by atomic mass is 10.0. The minimum absolute atomic E-state index is 0.204. The second kappa shape index (κ2) is 6.18. The second-order valence-corrected chi connectivity index (χ2v) is 5.09. The molecule has 6 heteroatoms. The maximum Gasteiger partial charge on any atom is 0.317 e. The molecule has 0 spiro atoms. The highest BCUT2D eigenvalue weighted by Crippen LogP contribution is 2.30. The van der Waals surface area contributed by atoms with Gasteiger partial charge in [-0.1, -0.05) is 48.9 Å². The zero-order valence-corrected chi connectivity index (χ0v) is 12.6. The lowest BCUT2D eigenvalue weighted by Gasteiger charge is -2.03. The number of benzene rings is 2. The number of nitrogens with two attached hydrogens (primary N) is 1. The van der Waals surface area contributed by atoms with E-state index in [1.807, 2.05) is 42.5 Å². The zero-order chi connectivity index (χ0) is 17.1. The molecule has 3 rings (SSSR count). The zero-order valence-electron chi connectivity index (χ0n) is 12.6. The largest absolute Gasteiger partial charge is 0.351 e. The smallest absolute Gasteiger partial charge is 0.317 e. The normalized spacial score (nSPS) is 10.1. The molecule has 0 atom stereocenters. The highest BCUT2D eigenvalue weighted by molar-refractivity contribution is 6.14. The van der Waals surface area contributed by atoms with Crippen LogP contribution in [0.1, 0.15) is 10.4 Å². The predicted molar refractivity (Wildman–Crippen MR) is 93.2 cm³/mol. The van der Waals surface area contributed by atoms with Crippen LogP contribution in [0.3, 0.4) is 0 Å². The van der Waals surface area contributed by atoms with Crippen LogP contribution in [0, 0.1) is 12.5 Å². The van der Waals surface area contributed by atoms with E-state index in [9.17, 15) is 9.59 Å². The highest BCUT2D eigenvalue weighted by atomic mass is 16.2. The molecule has 0 saturated heterocycles. The van der Waals surface area contributed by atoms with Gasteiger partial charge < -0.3 is 10.7 Å². The molecular formula is C18H14N4O2. The molecule has 0 aliphatic rings. The van der Waals surface area contributed by atoms with Crippen molar-refractivity contribution in [2.24, 2.45) is 5.73 Å². The minimum atomic E-state index is -0.778. The molecule has 6 nitrogen and oxygen atoms in total. The van der Waals surface area contributed by atoms with Crippen LogP contribution in [0.15, 0.2) is 48.5 Å². The van der Waals surface area contributed by atoms with Gasteiger partial charge >= 0.3 is 6.03 Å². The number of carbonyl (C=O) groups excluding carboxylic acids is 2. The van der Waals surface area contributed by atoms with Crippen LogP contribution in [-0.4, -0.2) is 16.9 Å². The van der Waals surface area contributed by atoms with Crippen molar-refractivity contribution in [1.29, 1.82) is 0 Å². The van der Waals surface area contributed by atoms with Gasteiger partial charge in [-0.15, -0.1) is 0 Å². The van der Waals surface area contributed by atoms with Gasteiger partial charge in [-0.05, 0) is 17.2 Å². The number of hydrogen-bond acceptors (Lipinski definition) is 2. The molecule has 0 unspecified atom stereocenters. The summed E-state index contributed by atoms with van der Waals surface area (Å²) in [4.78, 5) is 26.4. The van der Waals surface area contributed by atoms with E-state index in [4.69, 9.17) is 12.2 Å². The standard InChI is InChI=1S/C18H14N4O2/c1-2-20-17(23)15-13-9-8-12(11-6-4-3-5-7-11)10-14(13)21-16(15)22-18(19)24/h1,3-10,21H,(H,20,23)(H3,19,22,24). The van der Waals surface area contributed by atoms with Crippen molar-refractivity contribution in [2.45, 2.75) is 0 Å². The quantitative estimate of drug-likeness (QED) is 0.441. The first-order valence-electron chi connectivity index (χ1n) is 7.13. The molecule has 3 amide bonds. The predicted octanol–water partition coefficient (Wildman–Crippen LogP) is 2.65. The summed E-state index contributed by atoms with van der Waals surface area (Å²) in [6, 6.07) is 16.7. The first kappa shape index (κ1) is 15.2. The molecule has 24 heavy (non-hydrogen) atoms. The van der Waals surface area contributed by atoms with Crippen molar-refractivity contribution in [3.63, 3.8) is 0 Å². The molecule has 0 saturated carbocycles. The van der Waals surface area contributed by atoms with Crippen LogP contribution >= 0.6 is 0 Å². The number of carbonyl (C=O) groups is 2. The maximum absolute atomic E-state index is 12.2. The lowest BCUT2D eigenvalue weighted by Crippen LogP contribution is -2.23. The molecule has 0 aliphatic heterocycles. The van der Waals surface area contributed by atoms with Gasteiger partial charge in [0.15, 0.2) is 0 Å². The van der Waals surface area contributed by atoms with Gasteiger partial charge in [0.1, 0.15) is 5.82 Å². The average Bonchev–Trinajstić information content (AvgIpc) is 2.92. The van der Waals surface area contributed by atoms with Crippen molar-refractivity contribution in [3.8, 4) is 23.6 Å². The lowest BCUT2D eigenvalue weighted by molar-refractivity contribution is 0.0976. The molecule has 5 N–H and O–H groups in total. The van der Waals surface area contributed by atoms with Gasteiger partial charge in [-0.3, -0.25) is 15.4 Å². The Hall–Kier alpha value is -3.72. The van der Waals surface area contributed by atoms with Crippen LogP contribution in [0.4, 0.5) is 10.6 Å². The minimum Gasteiger partial charge on any atom is -0.351 e. The number of amides is 3. The Balaban J connectivity index is 2.16. The number of H-pyrrole nitrogens is 1. The Kier molecular flexibility index (Phi) is 3.91. The number of hydrogen-bond donors (Lipinski definition) is 4. The topological polar surface area (TPSA) is 100 Å². The summed E-state index contributed by atoms with van der Waals surface area (Å²) in [5.74, 6) is -0.296. The maximum atomic E-state index is 12.2. The molecule has 0 bridgehead atoms. The summed E-state index contributed by atoms with van der Waals surface area (Å²) in [6.07, 6.45) is 5.13. The second-order valence-electron chi connectivity index (χ2n) is 5.09. The third kappa shape index (κ3) is 2.78. The first-order chi connectivity index (χ1) is 11.6. The van der Waals surface area contributed by atoms with Crippen molar-refractivity contribution in [3.05, 3.63) is 54.1 Å². The fourth-order valence-electron chi connectivity index (χ4n) is 2.59. The van der Waals surface area contributed by atoms with Crippen molar-refractivity contribution in [1.82, 2.24) is 10.3 Å². The Morgan fingerprint density at radius 3 is 2.50 bits per heavy atom. The van der Waals surface area contributed by atoms with E-state index in [1.54, 1.807) is 6.07 Å². The van der Waals surface area contributed by atoms with E-state index < -0.39 is 11.9 Å². The molecule has 0 radical (unpaired) electrons. The number of nitrogens with one attached hydrogen (secondary N) is 3. The highest BCUT2D eigenvalue weighted by Gasteiger charge is 2.19. The molecule has 1 aromatic heterocycles. The van der Waals surface area contributed by atoms with Crippen LogP contribution in [0.2, 0.25) is 0 Å². The Morgan fingerprint density at radius 2 is 1.83 bits per heavy atom. The number of primary amides is 1. The number of terminal acetylenes is 1. The van der Waals surface area contributed by atoms with E-state index in [0.29, 0.717) is 10.9 Å². The SMILES string of the molecule is C#CNC(=O)c1c(NC(N)=O)[nH]c2cc(-c3ccccc3)ccc12. The van der Waals surface area contributed by atoms with Crippen LogP contribution in [0.25, 0.3) is 22.0 Å². The number of aromatic amines is 1. The summed E-state index contributed by atoms with van der Waals surface area (Å²) in [7, 11) is 0. The summed E-state index contributed by atoms with van der Waals surface area (Å²) in [5.41, 5.74) is 8.09. The molecule has 0 aliphatic carbocycles. The first-order valence-corrected chi connectivity index (χ1v) is 7.13. The third-order valence-corrected chi connectivity index (χ3v) is 3.57. The number of rotatable bonds is 3. The third-order valence-electron chi connectivity index (χ3n) is 3.57. The van der Waals surface area contributed by atoms with Crippen LogP contribution in [0.5, 0.6) is 0 Å². The molecule has 0 fully saturated rings. The summed E-state index contributed by atoms with van der Waals surface area (Å²) in [5, 5.41) is 5.32. The molecule has 1 heterocycles. The van der Waals surface area contributed by atoms with Gasteiger partial charge in [0.05, 0.1) is 5.56 Å².